The number of rotatable bonds is 1. The Hall–Kier alpha value is -2.12. The zero-order valence-corrected chi connectivity index (χ0v) is 10.3. The number of halogens is 4. The first-order valence-corrected chi connectivity index (χ1v) is 5.67. The van der Waals surface area contributed by atoms with Gasteiger partial charge in [-0.25, -0.2) is 9.82 Å². The monoisotopic (exact) mass is 290 g/mol. The summed E-state index contributed by atoms with van der Waals surface area (Å²) in [4.78, 5) is 11.1. The molecule has 4 nitrogen and oxygen atoms in total. The highest BCUT2D eigenvalue weighted by Crippen LogP contribution is 2.39. The predicted octanol–water partition coefficient (Wildman–Crippen LogP) is 2.41. The molecule has 8 heteroatoms. The van der Waals surface area contributed by atoms with Crippen molar-refractivity contribution in [3.05, 3.63) is 29.1 Å². The lowest BCUT2D eigenvalue weighted by atomic mass is 9.92. The Labute approximate surface area is 111 Å². The lowest BCUT2D eigenvalue weighted by molar-refractivity contribution is -0.141. The Morgan fingerprint density at radius 3 is 2.60 bits per heavy atom. The molecule has 1 aliphatic heterocycles. The van der Waals surface area contributed by atoms with E-state index in [0.29, 0.717) is 0 Å². The van der Waals surface area contributed by atoms with Crippen LogP contribution in [0.2, 0.25) is 0 Å². The molecule has 1 aromatic rings. The number of phenols is 1. The number of aromatic hydroxyl groups is 1. The number of nitrogens with one attached hydrogen (secondary N) is 1. The van der Waals surface area contributed by atoms with Crippen molar-refractivity contribution in [1.82, 2.24) is 5.43 Å². The predicted molar refractivity (Wildman–Crippen MR) is 61.5 cm³/mol. The number of hydrazone groups is 1. The van der Waals surface area contributed by atoms with Gasteiger partial charge in [0.2, 0.25) is 5.91 Å². The normalized spacial score (nSPS) is 19.6. The quantitative estimate of drug-likeness (QED) is 0.780. The summed E-state index contributed by atoms with van der Waals surface area (Å²) < 4.78 is 52.1. The van der Waals surface area contributed by atoms with E-state index in [2.05, 4.69) is 10.5 Å². The molecule has 0 bridgehead atoms. The summed E-state index contributed by atoms with van der Waals surface area (Å²) in [7, 11) is 0. The first-order chi connectivity index (χ1) is 9.21. The van der Waals surface area contributed by atoms with Crippen LogP contribution in [0.3, 0.4) is 0 Å². The summed E-state index contributed by atoms with van der Waals surface area (Å²) in [5, 5.41) is 12.8. The number of phenolic OH excluding ortho intramolecular Hbond substituents is 1. The standard InChI is InChI=1S/C12H10F4N2O2/c1-5-4-8(20)17-18-11(5)6-2-3-7(19)9(10(6)13)12(14,15)16/h2-3,5,19H,4H2,1H3,(H,17,20). The summed E-state index contributed by atoms with van der Waals surface area (Å²) in [6.45, 7) is 1.55. The summed E-state index contributed by atoms with van der Waals surface area (Å²) in [5.74, 6) is -3.70. The van der Waals surface area contributed by atoms with Crippen LogP contribution in [0.4, 0.5) is 17.6 Å². The molecule has 0 saturated carbocycles. The van der Waals surface area contributed by atoms with E-state index in [1.807, 2.05) is 0 Å². The molecule has 2 rings (SSSR count). The van der Waals surface area contributed by atoms with Gasteiger partial charge in [0.15, 0.2) is 0 Å². The molecule has 20 heavy (non-hydrogen) atoms. The van der Waals surface area contributed by atoms with E-state index < -0.39 is 35.1 Å². The first-order valence-electron chi connectivity index (χ1n) is 5.67. The van der Waals surface area contributed by atoms with Gasteiger partial charge in [0.05, 0.1) is 5.71 Å². The van der Waals surface area contributed by atoms with E-state index in [1.54, 1.807) is 6.92 Å². The molecule has 1 unspecified atom stereocenters. The van der Waals surface area contributed by atoms with E-state index >= 15 is 0 Å². The average Bonchev–Trinajstić information content (AvgIpc) is 2.29. The van der Waals surface area contributed by atoms with Crippen LogP contribution in [0.25, 0.3) is 0 Å². The lowest BCUT2D eigenvalue weighted by Crippen LogP contribution is -2.32. The number of amides is 1. The van der Waals surface area contributed by atoms with Crippen molar-refractivity contribution in [3.8, 4) is 5.75 Å². The van der Waals surface area contributed by atoms with Crippen molar-refractivity contribution in [2.75, 3.05) is 0 Å². The van der Waals surface area contributed by atoms with Crippen molar-refractivity contribution in [2.45, 2.75) is 19.5 Å². The third-order valence-electron chi connectivity index (χ3n) is 2.94. The number of carbonyl (C=O) groups is 1. The molecule has 1 aromatic carbocycles. The fourth-order valence-electron chi connectivity index (χ4n) is 2.01. The molecule has 1 amide bonds. The Balaban J connectivity index is 2.57. The Bertz CT molecular complexity index is 596. The first kappa shape index (κ1) is 14.3. The molecule has 108 valence electrons. The van der Waals surface area contributed by atoms with Gasteiger partial charge < -0.3 is 5.11 Å². The highest BCUT2D eigenvalue weighted by Gasteiger charge is 2.39. The second-order valence-corrected chi connectivity index (χ2v) is 4.46. The number of nitrogens with zero attached hydrogens (tertiary/aromatic N) is 1. The fraction of sp³-hybridized carbons (Fsp3) is 0.333. The topological polar surface area (TPSA) is 61.7 Å². The Morgan fingerprint density at radius 1 is 1.40 bits per heavy atom. The van der Waals surface area contributed by atoms with Crippen LogP contribution in [-0.4, -0.2) is 16.7 Å². The highest BCUT2D eigenvalue weighted by atomic mass is 19.4. The van der Waals surface area contributed by atoms with E-state index in [9.17, 15) is 27.5 Å². The van der Waals surface area contributed by atoms with Crippen LogP contribution in [0, 0.1) is 11.7 Å². The number of carbonyl (C=O) groups excluding carboxylic acids is 1. The second-order valence-electron chi connectivity index (χ2n) is 4.46. The largest absolute Gasteiger partial charge is 0.507 e. The molecular weight excluding hydrogens is 280 g/mol. The van der Waals surface area contributed by atoms with Crippen LogP contribution in [-0.2, 0) is 11.0 Å². The van der Waals surface area contributed by atoms with Gasteiger partial charge in [-0.3, -0.25) is 4.79 Å². The summed E-state index contributed by atoms with van der Waals surface area (Å²) >= 11 is 0. The zero-order valence-electron chi connectivity index (χ0n) is 10.3. The maximum atomic E-state index is 14.0. The lowest BCUT2D eigenvalue weighted by Gasteiger charge is -2.21. The molecule has 1 heterocycles. The molecule has 0 fully saturated rings. The highest BCUT2D eigenvalue weighted by molar-refractivity contribution is 6.06. The van der Waals surface area contributed by atoms with Crippen LogP contribution in [0.15, 0.2) is 17.2 Å². The van der Waals surface area contributed by atoms with Gasteiger partial charge in [0.1, 0.15) is 17.1 Å². The van der Waals surface area contributed by atoms with Gasteiger partial charge in [-0.2, -0.15) is 18.3 Å². The second kappa shape index (κ2) is 4.77. The van der Waals surface area contributed by atoms with Gasteiger partial charge in [0.25, 0.3) is 0 Å². The zero-order chi connectivity index (χ0) is 15.1. The van der Waals surface area contributed by atoms with Crippen molar-refractivity contribution in [2.24, 2.45) is 11.0 Å². The number of alkyl halides is 3. The van der Waals surface area contributed by atoms with Gasteiger partial charge >= 0.3 is 6.18 Å². The van der Waals surface area contributed by atoms with Crippen LogP contribution >= 0.6 is 0 Å². The third-order valence-corrected chi connectivity index (χ3v) is 2.94. The minimum atomic E-state index is -5.02. The van der Waals surface area contributed by atoms with Crippen molar-refractivity contribution < 1.29 is 27.5 Å². The smallest absolute Gasteiger partial charge is 0.422 e. The van der Waals surface area contributed by atoms with E-state index in [-0.39, 0.29) is 17.7 Å². The minimum absolute atomic E-state index is 0.000497. The Kier molecular flexibility index (Phi) is 3.41. The molecule has 2 N–H and O–H groups in total. The molecule has 0 radical (unpaired) electrons. The maximum absolute atomic E-state index is 14.0. The summed E-state index contributed by atoms with van der Waals surface area (Å²) in [5.41, 5.74) is -0.0142. The number of hydrogen-bond donors (Lipinski definition) is 2. The van der Waals surface area contributed by atoms with Crippen LogP contribution in [0.1, 0.15) is 24.5 Å². The van der Waals surface area contributed by atoms with Gasteiger partial charge in [-0.1, -0.05) is 6.92 Å². The average molecular weight is 290 g/mol. The van der Waals surface area contributed by atoms with Crippen LogP contribution in [0.5, 0.6) is 5.75 Å². The fourth-order valence-corrected chi connectivity index (χ4v) is 2.01. The maximum Gasteiger partial charge on any atom is 0.422 e. The van der Waals surface area contributed by atoms with Crippen LogP contribution < -0.4 is 5.43 Å². The Morgan fingerprint density at radius 2 is 2.05 bits per heavy atom. The number of benzene rings is 1. The summed E-state index contributed by atoms with van der Waals surface area (Å²) in [6, 6.07) is 1.76. The van der Waals surface area contributed by atoms with E-state index in [1.165, 1.54) is 0 Å². The van der Waals surface area contributed by atoms with E-state index in [4.69, 9.17) is 0 Å². The van der Waals surface area contributed by atoms with Gasteiger partial charge in [-0.15, -0.1) is 0 Å². The summed E-state index contributed by atoms with van der Waals surface area (Å²) in [6.07, 6.45) is -5.02. The molecule has 0 aliphatic carbocycles. The minimum Gasteiger partial charge on any atom is -0.507 e. The van der Waals surface area contributed by atoms with Crippen molar-refractivity contribution in [3.63, 3.8) is 0 Å². The SMILES string of the molecule is CC1CC(=O)NN=C1c1ccc(O)c(C(F)(F)F)c1F. The van der Waals surface area contributed by atoms with Gasteiger partial charge in [-0.05, 0) is 12.1 Å². The molecule has 0 spiro atoms. The molecule has 0 aromatic heterocycles. The molecule has 1 aliphatic rings. The molecule has 0 saturated heterocycles. The van der Waals surface area contributed by atoms with E-state index in [0.717, 1.165) is 12.1 Å². The van der Waals surface area contributed by atoms with Gasteiger partial charge in [0, 0.05) is 17.9 Å². The third kappa shape index (κ3) is 2.45. The number of hydrogen-bond acceptors (Lipinski definition) is 3. The van der Waals surface area contributed by atoms with Crippen molar-refractivity contribution in [1.29, 1.82) is 0 Å². The molecular formula is C12H10F4N2O2. The molecule has 1 atom stereocenters. The van der Waals surface area contributed by atoms with Crippen molar-refractivity contribution >= 4 is 11.6 Å².